The summed E-state index contributed by atoms with van der Waals surface area (Å²) >= 11 is 12.1. The van der Waals surface area contributed by atoms with Crippen LogP contribution in [-0.2, 0) is 9.59 Å². The highest BCUT2D eigenvalue weighted by Crippen LogP contribution is 2.30. The molecule has 6 nitrogen and oxygen atoms in total. The number of hydrogen-bond donors (Lipinski definition) is 2. The Morgan fingerprint density at radius 3 is 1.61 bits per heavy atom. The Morgan fingerprint density at radius 1 is 0.742 bits per heavy atom. The van der Waals surface area contributed by atoms with Crippen LogP contribution in [0.15, 0.2) is 66.7 Å². The molecule has 160 valence electrons. The van der Waals surface area contributed by atoms with Gasteiger partial charge >= 0.3 is 0 Å². The van der Waals surface area contributed by atoms with Crippen LogP contribution in [0, 0.1) is 0 Å². The molecule has 0 fully saturated rings. The van der Waals surface area contributed by atoms with E-state index in [0.29, 0.717) is 38.5 Å². The van der Waals surface area contributed by atoms with Gasteiger partial charge in [-0.25, -0.2) is 0 Å². The summed E-state index contributed by atoms with van der Waals surface area (Å²) in [6, 6.07) is 18.4. The Hall–Kier alpha value is -3.22. The predicted octanol–water partition coefficient (Wildman–Crippen LogP) is 5.37. The lowest BCUT2D eigenvalue weighted by Crippen LogP contribution is -2.32. The maximum atomic E-state index is 13.1. The smallest absolute Gasteiger partial charge is 0.241 e. The number of anilines is 2. The molecule has 0 radical (unpaired) electrons. The second kappa shape index (κ2) is 10.2. The van der Waals surface area contributed by atoms with Crippen molar-refractivity contribution in [3.63, 3.8) is 0 Å². The third-order valence-corrected chi connectivity index (χ3v) is 5.12. The number of methoxy groups -OCH3 is 2. The molecule has 0 saturated heterocycles. The van der Waals surface area contributed by atoms with Crippen molar-refractivity contribution in [3.05, 3.63) is 82.3 Å². The van der Waals surface area contributed by atoms with Crippen molar-refractivity contribution < 1.29 is 19.1 Å². The molecule has 3 aromatic carbocycles. The number of ether oxygens (including phenoxy) is 2. The normalized spacial score (nSPS) is 10.5. The lowest BCUT2D eigenvalue weighted by molar-refractivity contribution is -0.125. The molecule has 2 amide bonds. The van der Waals surface area contributed by atoms with Crippen LogP contribution in [0.4, 0.5) is 11.4 Å². The largest absolute Gasteiger partial charge is 0.495 e. The zero-order valence-corrected chi connectivity index (χ0v) is 18.3. The number of nitrogens with one attached hydrogen (secondary N) is 2. The number of carbonyl (C=O) groups is 2. The Labute approximate surface area is 190 Å². The molecule has 0 saturated carbocycles. The van der Waals surface area contributed by atoms with Gasteiger partial charge < -0.3 is 20.1 Å². The van der Waals surface area contributed by atoms with Gasteiger partial charge in [-0.3, -0.25) is 9.59 Å². The summed E-state index contributed by atoms with van der Waals surface area (Å²) < 4.78 is 10.4. The van der Waals surface area contributed by atoms with E-state index in [1.807, 2.05) is 6.07 Å². The fourth-order valence-electron chi connectivity index (χ4n) is 2.97. The molecule has 31 heavy (non-hydrogen) atoms. The second-order valence-electron chi connectivity index (χ2n) is 6.52. The minimum Gasteiger partial charge on any atom is -0.495 e. The van der Waals surface area contributed by atoms with E-state index in [2.05, 4.69) is 10.6 Å². The Morgan fingerprint density at radius 2 is 1.19 bits per heavy atom. The van der Waals surface area contributed by atoms with Gasteiger partial charge in [-0.05, 0) is 29.8 Å². The monoisotopic (exact) mass is 458 g/mol. The van der Waals surface area contributed by atoms with Gasteiger partial charge in [0.2, 0.25) is 11.8 Å². The van der Waals surface area contributed by atoms with Crippen LogP contribution in [0.2, 0.25) is 10.0 Å². The molecule has 0 heterocycles. The highest BCUT2D eigenvalue weighted by Gasteiger charge is 2.29. The summed E-state index contributed by atoms with van der Waals surface area (Å²) in [5, 5.41) is 6.34. The quantitative estimate of drug-likeness (QED) is 0.466. The minimum atomic E-state index is -1.11. The average Bonchev–Trinajstić information content (AvgIpc) is 2.77. The lowest BCUT2D eigenvalue weighted by atomic mass is 9.97. The van der Waals surface area contributed by atoms with Gasteiger partial charge in [-0.2, -0.15) is 0 Å². The molecule has 0 aliphatic rings. The number of hydrogen-bond acceptors (Lipinski definition) is 4. The van der Waals surface area contributed by atoms with Gasteiger partial charge in [0.05, 0.1) is 24.3 Å². The van der Waals surface area contributed by atoms with Crippen LogP contribution in [0.1, 0.15) is 11.5 Å². The van der Waals surface area contributed by atoms with Crippen LogP contribution < -0.4 is 20.1 Å². The van der Waals surface area contributed by atoms with Crippen molar-refractivity contribution in [3.8, 4) is 11.5 Å². The molecule has 0 aliphatic heterocycles. The van der Waals surface area contributed by atoms with Crippen LogP contribution in [0.5, 0.6) is 11.5 Å². The maximum Gasteiger partial charge on any atom is 0.241 e. The molecular formula is C23H20Cl2N2O4. The number of carbonyl (C=O) groups excluding carboxylic acids is 2. The Kier molecular flexibility index (Phi) is 7.39. The zero-order chi connectivity index (χ0) is 22.4. The van der Waals surface area contributed by atoms with Gasteiger partial charge in [-0.1, -0.05) is 53.5 Å². The number of rotatable bonds is 7. The number of benzene rings is 3. The van der Waals surface area contributed by atoms with Gasteiger partial charge in [0, 0.05) is 23.5 Å². The van der Waals surface area contributed by atoms with E-state index >= 15 is 0 Å². The third kappa shape index (κ3) is 5.48. The highest BCUT2D eigenvalue weighted by molar-refractivity contribution is 6.32. The molecule has 0 spiro atoms. The first-order valence-electron chi connectivity index (χ1n) is 9.26. The molecular weight excluding hydrogens is 439 g/mol. The molecule has 0 atom stereocenters. The molecule has 0 bridgehead atoms. The van der Waals surface area contributed by atoms with Crippen molar-refractivity contribution in [2.75, 3.05) is 24.9 Å². The SMILES string of the molecule is COc1cc(NC(=O)C(C(=O)Nc2ccc(Cl)c(OC)c2)c2ccccc2)ccc1Cl. The van der Waals surface area contributed by atoms with E-state index in [0.717, 1.165) is 0 Å². The van der Waals surface area contributed by atoms with Crippen molar-refractivity contribution >= 4 is 46.4 Å². The van der Waals surface area contributed by atoms with E-state index in [4.69, 9.17) is 32.7 Å². The van der Waals surface area contributed by atoms with Crippen LogP contribution in [0.3, 0.4) is 0 Å². The summed E-state index contributed by atoms with van der Waals surface area (Å²) in [5.74, 6) is -1.30. The standard InChI is InChI=1S/C23H20Cl2N2O4/c1-30-19-12-15(8-10-17(19)24)26-22(28)21(14-6-4-3-5-7-14)23(29)27-16-9-11-18(25)20(13-16)31-2/h3-13,21H,1-2H3,(H,26,28)(H,27,29). The maximum absolute atomic E-state index is 13.1. The molecule has 0 aromatic heterocycles. The summed E-state index contributed by atoms with van der Waals surface area (Å²) in [7, 11) is 2.96. The second-order valence-corrected chi connectivity index (χ2v) is 7.34. The minimum absolute atomic E-state index is 0.411. The molecule has 0 aliphatic carbocycles. The van der Waals surface area contributed by atoms with E-state index in [1.165, 1.54) is 14.2 Å². The fraction of sp³-hybridized carbons (Fsp3) is 0.130. The molecule has 0 unspecified atom stereocenters. The van der Waals surface area contributed by atoms with Gasteiger partial charge in [0.25, 0.3) is 0 Å². The van der Waals surface area contributed by atoms with Gasteiger partial charge in [0.15, 0.2) is 0 Å². The van der Waals surface area contributed by atoms with E-state index < -0.39 is 17.7 Å². The van der Waals surface area contributed by atoms with Crippen molar-refractivity contribution in [1.82, 2.24) is 0 Å². The first-order chi connectivity index (χ1) is 14.9. The van der Waals surface area contributed by atoms with E-state index in [9.17, 15) is 9.59 Å². The van der Waals surface area contributed by atoms with Gasteiger partial charge in [0.1, 0.15) is 17.4 Å². The van der Waals surface area contributed by atoms with Crippen LogP contribution in [0.25, 0.3) is 0 Å². The summed E-state index contributed by atoms with van der Waals surface area (Å²) in [4.78, 5) is 26.2. The third-order valence-electron chi connectivity index (χ3n) is 4.49. The first-order valence-corrected chi connectivity index (χ1v) is 10.0. The molecule has 3 rings (SSSR count). The van der Waals surface area contributed by atoms with E-state index in [-0.39, 0.29) is 0 Å². The van der Waals surface area contributed by atoms with Crippen molar-refractivity contribution in [2.45, 2.75) is 5.92 Å². The summed E-state index contributed by atoms with van der Waals surface area (Å²) in [5.41, 5.74) is 1.45. The predicted molar refractivity (Wildman–Crippen MR) is 122 cm³/mol. The zero-order valence-electron chi connectivity index (χ0n) is 16.8. The fourth-order valence-corrected chi connectivity index (χ4v) is 3.36. The average molecular weight is 459 g/mol. The summed E-state index contributed by atoms with van der Waals surface area (Å²) in [6.45, 7) is 0. The molecule has 3 aromatic rings. The lowest BCUT2D eigenvalue weighted by Gasteiger charge is -2.18. The Balaban J connectivity index is 1.88. The first kappa shape index (κ1) is 22.5. The van der Waals surface area contributed by atoms with Crippen LogP contribution >= 0.6 is 23.2 Å². The van der Waals surface area contributed by atoms with Gasteiger partial charge in [-0.15, -0.1) is 0 Å². The van der Waals surface area contributed by atoms with E-state index in [1.54, 1.807) is 60.7 Å². The number of halogens is 2. The van der Waals surface area contributed by atoms with Crippen LogP contribution in [-0.4, -0.2) is 26.0 Å². The summed E-state index contributed by atoms with van der Waals surface area (Å²) in [6.07, 6.45) is 0. The Bertz CT molecular complexity index is 1020. The molecule has 2 N–H and O–H groups in total. The molecule has 8 heteroatoms. The number of amides is 2. The van der Waals surface area contributed by atoms with Crippen molar-refractivity contribution in [1.29, 1.82) is 0 Å². The highest BCUT2D eigenvalue weighted by atomic mass is 35.5. The topological polar surface area (TPSA) is 76.7 Å². The van der Waals surface area contributed by atoms with Crippen molar-refractivity contribution in [2.24, 2.45) is 0 Å².